The number of nitrogens with zero attached hydrogens (tertiary/aromatic N) is 3. The lowest BCUT2D eigenvalue weighted by molar-refractivity contribution is -0.135. The van der Waals surface area contributed by atoms with Gasteiger partial charge in [-0.3, -0.25) is 9.59 Å². The van der Waals surface area contributed by atoms with Gasteiger partial charge in [0.15, 0.2) is 5.96 Å². The Morgan fingerprint density at radius 2 is 1.84 bits per heavy atom. The molecular weight excluding hydrogens is 390 g/mol. The van der Waals surface area contributed by atoms with E-state index < -0.39 is 0 Å². The van der Waals surface area contributed by atoms with Crippen molar-refractivity contribution in [1.29, 1.82) is 0 Å². The van der Waals surface area contributed by atoms with Crippen LogP contribution in [0.15, 0.2) is 35.3 Å². The number of hydrogen-bond donors (Lipinski definition) is 2. The van der Waals surface area contributed by atoms with Gasteiger partial charge in [-0.05, 0) is 31.7 Å². The van der Waals surface area contributed by atoms with Crippen LogP contribution in [0.5, 0.6) is 0 Å². The molecule has 2 atom stereocenters. The number of guanidine groups is 1. The first-order chi connectivity index (χ1) is 14.9. The Kier molecular flexibility index (Phi) is 8.32. The van der Waals surface area contributed by atoms with E-state index in [1.165, 1.54) is 19.3 Å². The largest absolute Gasteiger partial charge is 0.352 e. The molecule has 2 N–H and O–H groups in total. The van der Waals surface area contributed by atoms with Gasteiger partial charge in [-0.1, -0.05) is 49.6 Å². The van der Waals surface area contributed by atoms with Gasteiger partial charge in [0, 0.05) is 39.1 Å². The number of likely N-dealkylation sites (tertiary alicyclic amines) is 1. The lowest BCUT2D eigenvalue weighted by Crippen LogP contribution is -2.46. The predicted molar refractivity (Wildman–Crippen MR) is 124 cm³/mol. The van der Waals surface area contributed by atoms with Crippen molar-refractivity contribution in [2.75, 3.05) is 33.7 Å². The van der Waals surface area contributed by atoms with E-state index in [1.54, 1.807) is 19.0 Å². The fraction of sp³-hybridized carbons (Fsp3) is 0.625. The Morgan fingerprint density at radius 1 is 1.13 bits per heavy atom. The smallest absolute Gasteiger partial charge is 0.243 e. The van der Waals surface area contributed by atoms with Crippen molar-refractivity contribution in [2.24, 2.45) is 10.9 Å². The lowest BCUT2D eigenvalue weighted by atomic mass is 9.88. The quantitative estimate of drug-likeness (QED) is 0.540. The van der Waals surface area contributed by atoms with Gasteiger partial charge in [-0.15, -0.1) is 0 Å². The van der Waals surface area contributed by atoms with Crippen LogP contribution in [0.1, 0.15) is 57.1 Å². The Labute approximate surface area is 186 Å². The zero-order valence-corrected chi connectivity index (χ0v) is 19.1. The average Bonchev–Trinajstić information content (AvgIpc) is 3.26. The molecule has 2 fully saturated rings. The molecule has 1 aliphatic heterocycles. The second kappa shape index (κ2) is 11.2. The number of rotatable bonds is 6. The standard InChI is InChI=1S/C24H37N5O2/c1-18(19-10-6-4-7-11-19)26-24(25-16-22(30)28(2)3)27-21-14-15-29(17-21)23(31)20-12-8-5-9-13-20/h4,6-7,10-11,18,20-21H,5,8-9,12-17H2,1-3H3,(H2,25,26,27). The zero-order valence-electron chi connectivity index (χ0n) is 19.1. The molecule has 7 nitrogen and oxygen atoms in total. The molecule has 1 aromatic carbocycles. The molecule has 3 rings (SSSR count). The van der Waals surface area contributed by atoms with Gasteiger partial charge in [-0.2, -0.15) is 0 Å². The first-order valence-corrected chi connectivity index (χ1v) is 11.6. The zero-order chi connectivity index (χ0) is 22.2. The van der Waals surface area contributed by atoms with Crippen LogP contribution >= 0.6 is 0 Å². The summed E-state index contributed by atoms with van der Waals surface area (Å²) in [6.07, 6.45) is 6.55. The van der Waals surface area contributed by atoms with Gasteiger partial charge in [0.2, 0.25) is 11.8 Å². The van der Waals surface area contributed by atoms with Crippen molar-refractivity contribution in [1.82, 2.24) is 20.4 Å². The monoisotopic (exact) mass is 427 g/mol. The van der Waals surface area contributed by atoms with Crippen molar-refractivity contribution in [3.63, 3.8) is 0 Å². The molecule has 1 saturated heterocycles. The van der Waals surface area contributed by atoms with Crippen molar-refractivity contribution in [3.05, 3.63) is 35.9 Å². The molecule has 0 radical (unpaired) electrons. The molecule has 1 saturated carbocycles. The van der Waals surface area contributed by atoms with Crippen molar-refractivity contribution in [2.45, 2.75) is 57.5 Å². The van der Waals surface area contributed by atoms with E-state index in [0.29, 0.717) is 18.4 Å². The highest BCUT2D eigenvalue weighted by atomic mass is 16.2. The summed E-state index contributed by atoms with van der Waals surface area (Å²) in [6, 6.07) is 10.3. The second-order valence-electron chi connectivity index (χ2n) is 8.98. The topological polar surface area (TPSA) is 77.0 Å². The van der Waals surface area contributed by atoms with Crippen LogP contribution in [-0.4, -0.2) is 67.3 Å². The summed E-state index contributed by atoms with van der Waals surface area (Å²) < 4.78 is 0. The third-order valence-electron chi connectivity index (χ3n) is 6.32. The number of benzene rings is 1. The number of carbonyl (C=O) groups is 2. The summed E-state index contributed by atoms with van der Waals surface area (Å²) >= 11 is 0. The second-order valence-corrected chi connectivity index (χ2v) is 8.98. The summed E-state index contributed by atoms with van der Waals surface area (Å²) in [7, 11) is 3.47. The first kappa shape index (κ1) is 23.1. The molecule has 2 amide bonds. The summed E-state index contributed by atoms with van der Waals surface area (Å²) in [5, 5.41) is 6.90. The van der Waals surface area contributed by atoms with Gasteiger partial charge < -0.3 is 20.4 Å². The van der Waals surface area contributed by atoms with E-state index in [0.717, 1.165) is 31.4 Å². The summed E-state index contributed by atoms with van der Waals surface area (Å²) in [5.41, 5.74) is 1.15. The van der Waals surface area contributed by atoms with Gasteiger partial charge >= 0.3 is 0 Å². The van der Waals surface area contributed by atoms with E-state index in [9.17, 15) is 9.59 Å². The van der Waals surface area contributed by atoms with Crippen molar-refractivity contribution < 1.29 is 9.59 Å². The molecule has 1 heterocycles. The highest BCUT2D eigenvalue weighted by molar-refractivity contribution is 5.85. The molecular formula is C24H37N5O2. The Bertz CT molecular complexity index is 758. The van der Waals surface area contributed by atoms with Gasteiger partial charge in [0.25, 0.3) is 0 Å². The van der Waals surface area contributed by atoms with Crippen LogP contribution < -0.4 is 10.6 Å². The molecule has 1 aliphatic carbocycles. The minimum Gasteiger partial charge on any atom is -0.352 e. The molecule has 2 unspecified atom stereocenters. The molecule has 0 bridgehead atoms. The predicted octanol–water partition coefficient (Wildman–Crippen LogP) is 2.55. The summed E-state index contributed by atoms with van der Waals surface area (Å²) in [6.45, 7) is 3.64. The highest BCUT2D eigenvalue weighted by Gasteiger charge is 2.32. The van der Waals surface area contributed by atoms with E-state index in [4.69, 9.17) is 0 Å². The van der Waals surface area contributed by atoms with E-state index in [1.807, 2.05) is 23.1 Å². The van der Waals surface area contributed by atoms with Crippen LogP contribution in [0.4, 0.5) is 0 Å². The van der Waals surface area contributed by atoms with E-state index in [2.05, 4.69) is 34.7 Å². The lowest BCUT2D eigenvalue weighted by Gasteiger charge is -2.26. The van der Waals surface area contributed by atoms with Gasteiger partial charge in [0.05, 0.1) is 6.04 Å². The van der Waals surface area contributed by atoms with Crippen LogP contribution in [0, 0.1) is 5.92 Å². The third kappa shape index (κ3) is 6.71. The molecule has 31 heavy (non-hydrogen) atoms. The van der Waals surface area contributed by atoms with Crippen LogP contribution in [0.2, 0.25) is 0 Å². The third-order valence-corrected chi connectivity index (χ3v) is 6.32. The van der Waals surface area contributed by atoms with Crippen LogP contribution in [0.25, 0.3) is 0 Å². The summed E-state index contributed by atoms with van der Waals surface area (Å²) in [5.74, 6) is 1.09. The van der Waals surface area contributed by atoms with Crippen molar-refractivity contribution >= 4 is 17.8 Å². The number of nitrogens with one attached hydrogen (secondary N) is 2. The molecule has 0 spiro atoms. The number of hydrogen-bond acceptors (Lipinski definition) is 3. The average molecular weight is 428 g/mol. The molecule has 2 aliphatic rings. The fourth-order valence-electron chi connectivity index (χ4n) is 4.33. The highest BCUT2D eigenvalue weighted by Crippen LogP contribution is 2.26. The Hall–Kier alpha value is -2.57. The van der Waals surface area contributed by atoms with Crippen molar-refractivity contribution in [3.8, 4) is 0 Å². The maximum atomic E-state index is 12.9. The Balaban J connectivity index is 1.61. The molecule has 0 aromatic heterocycles. The van der Waals surface area contributed by atoms with E-state index in [-0.39, 0.29) is 30.5 Å². The molecule has 1 aromatic rings. The van der Waals surface area contributed by atoms with Gasteiger partial charge in [-0.25, -0.2) is 4.99 Å². The maximum absolute atomic E-state index is 12.9. The molecule has 7 heteroatoms. The first-order valence-electron chi connectivity index (χ1n) is 11.6. The van der Waals surface area contributed by atoms with Crippen LogP contribution in [0.3, 0.4) is 0 Å². The minimum absolute atomic E-state index is 0.0447. The van der Waals surface area contributed by atoms with Crippen LogP contribution in [-0.2, 0) is 9.59 Å². The summed E-state index contributed by atoms with van der Waals surface area (Å²) in [4.78, 5) is 33.0. The van der Waals surface area contributed by atoms with Gasteiger partial charge in [0.1, 0.15) is 6.54 Å². The SMILES string of the molecule is CC(NC(=NCC(=O)N(C)C)NC1CCN(C(=O)C2CCCCC2)C1)c1ccccc1. The number of amides is 2. The Morgan fingerprint density at radius 3 is 2.52 bits per heavy atom. The number of carbonyl (C=O) groups excluding carboxylic acids is 2. The minimum atomic E-state index is -0.0472. The fourth-order valence-corrected chi connectivity index (χ4v) is 4.33. The van der Waals surface area contributed by atoms with E-state index >= 15 is 0 Å². The number of aliphatic imine (C=N–C) groups is 1. The number of likely N-dealkylation sites (N-methyl/N-ethyl adjacent to an activating group) is 1. The maximum Gasteiger partial charge on any atom is 0.243 e. The normalized spacial score (nSPS) is 20.9. The molecule has 170 valence electrons.